The van der Waals surface area contributed by atoms with Gasteiger partial charge >= 0.3 is 0 Å². The molecule has 0 aromatic carbocycles. The van der Waals surface area contributed by atoms with Gasteiger partial charge in [0.15, 0.2) is 5.13 Å². The average Bonchev–Trinajstić information content (AvgIpc) is 3.12. The van der Waals surface area contributed by atoms with Crippen molar-refractivity contribution in [2.75, 3.05) is 38.1 Å². The van der Waals surface area contributed by atoms with E-state index >= 15 is 0 Å². The highest BCUT2D eigenvalue weighted by Crippen LogP contribution is 2.20. The Morgan fingerprint density at radius 3 is 2.90 bits per heavy atom. The van der Waals surface area contributed by atoms with E-state index in [1.165, 1.54) is 5.56 Å². The minimum atomic E-state index is 0.862. The Labute approximate surface area is 123 Å². The molecule has 1 aliphatic rings. The zero-order valence-corrected chi connectivity index (χ0v) is 12.5. The van der Waals surface area contributed by atoms with Gasteiger partial charge in [0, 0.05) is 49.9 Å². The highest BCUT2D eigenvalue weighted by atomic mass is 32.1. The van der Waals surface area contributed by atoms with Crippen molar-refractivity contribution in [3.05, 3.63) is 35.2 Å². The first-order valence-electron chi connectivity index (χ1n) is 6.93. The number of nitrogens with zero attached hydrogens (tertiary/aromatic N) is 3. The molecule has 1 N–H and O–H groups in total. The summed E-state index contributed by atoms with van der Waals surface area (Å²) in [5, 5.41) is 6.31. The highest BCUT2D eigenvalue weighted by Gasteiger charge is 2.19. The normalized spacial score (nSPS) is 16.8. The van der Waals surface area contributed by atoms with E-state index in [2.05, 4.69) is 26.2 Å². The Morgan fingerprint density at radius 2 is 2.20 bits per heavy atom. The lowest BCUT2D eigenvalue weighted by atomic mass is 10.2. The van der Waals surface area contributed by atoms with E-state index in [0.29, 0.717) is 0 Å². The van der Waals surface area contributed by atoms with E-state index in [1.807, 2.05) is 24.9 Å². The summed E-state index contributed by atoms with van der Waals surface area (Å²) in [7, 11) is 1.95. The molecule has 108 valence electrons. The lowest BCUT2D eigenvalue weighted by Gasteiger charge is -2.34. The first-order valence-corrected chi connectivity index (χ1v) is 7.81. The van der Waals surface area contributed by atoms with Crippen molar-refractivity contribution >= 4 is 16.5 Å². The van der Waals surface area contributed by atoms with Crippen LogP contribution in [-0.2, 0) is 13.1 Å². The molecule has 0 spiro atoms. The summed E-state index contributed by atoms with van der Waals surface area (Å²) in [6.07, 6.45) is 3.72. The van der Waals surface area contributed by atoms with Gasteiger partial charge in [-0.1, -0.05) is 0 Å². The molecule has 3 heterocycles. The van der Waals surface area contributed by atoms with Crippen molar-refractivity contribution < 1.29 is 4.42 Å². The summed E-state index contributed by atoms with van der Waals surface area (Å²) in [4.78, 5) is 9.17. The molecule has 0 radical (unpaired) electrons. The molecule has 0 amide bonds. The van der Waals surface area contributed by atoms with E-state index in [1.54, 1.807) is 11.3 Å². The Morgan fingerprint density at radius 1 is 1.35 bits per heavy atom. The van der Waals surface area contributed by atoms with E-state index < -0.39 is 0 Å². The van der Waals surface area contributed by atoms with Gasteiger partial charge in [0.25, 0.3) is 0 Å². The summed E-state index contributed by atoms with van der Waals surface area (Å²) in [5.74, 6) is 1.05. The van der Waals surface area contributed by atoms with Crippen molar-refractivity contribution in [1.82, 2.24) is 15.2 Å². The van der Waals surface area contributed by atoms with Crippen LogP contribution in [0.4, 0.5) is 5.13 Å². The SMILES string of the molecule is CNCc1coc(CN2CCN(c3nccs3)CC2)c1. The quantitative estimate of drug-likeness (QED) is 0.910. The number of hydrogen-bond donors (Lipinski definition) is 1. The third-order valence-electron chi connectivity index (χ3n) is 3.53. The van der Waals surface area contributed by atoms with E-state index in [9.17, 15) is 0 Å². The third kappa shape index (κ3) is 3.20. The van der Waals surface area contributed by atoms with E-state index in [4.69, 9.17) is 4.42 Å². The number of anilines is 1. The minimum absolute atomic E-state index is 0.862. The zero-order valence-electron chi connectivity index (χ0n) is 11.7. The Hall–Kier alpha value is -1.37. The zero-order chi connectivity index (χ0) is 13.8. The van der Waals surface area contributed by atoms with Crippen LogP contribution in [0, 0.1) is 0 Å². The molecule has 0 saturated carbocycles. The van der Waals surface area contributed by atoms with Crippen LogP contribution in [0.3, 0.4) is 0 Å². The molecule has 0 aliphatic carbocycles. The molecule has 0 bridgehead atoms. The molecule has 2 aromatic heterocycles. The van der Waals surface area contributed by atoms with Crippen LogP contribution in [0.15, 0.2) is 28.3 Å². The van der Waals surface area contributed by atoms with Crippen molar-refractivity contribution in [2.45, 2.75) is 13.1 Å². The number of hydrogen-bond acceptors (Lipinski definition) is 6. The van der Waals surface area contributed by atoms with Gasteiger partial charge in [-0.3, -0.25) is 4.90 Å². The Bertz CT molecular complexity index is 517. The number of nitrogens with one attached hydrogen (secondary N) is 1. The van der Waals surface area contributed by atoms with Crippen LogP contribution in [0.2, 0.25) is 0 Å². The minimum Gasteiger partial charge on any atom is -0.468 e. The van der Waals surface area contributed by atoms with Gasteiger partial charge in [0.05, 0.1) is 12.8 Å². The number of rotatable bonds is 5. The second kappa shape index (κ2) is 6.39. The average molecular weight is 292 g/mol. The molecule has 6 heteroatoms. The van der Waals surface area contributed by atoms with Crippen LogP contribution in [0.25, 0.3) is 0 Å². The molecule has 1 aliphatic heterocycles. The summed E-state index contributed by atoms with van der Waals surface area (Å²) < 4.78 is 5.61. The lowest BCUT2D eigenvalue weighted by molar-refractivity contribution is 0.230. The Balaban J connectivity index is 1.50. The van der Waals surface area contributed by atoms with Gasteiger partial charge in [-0.25, -0.2) is 4.98 Å². The molecule has 0 unspecified atom stereocenters. The summed E-state index contributed by atoms with van der Waals surface area (Å²) in [6, 6.07) is 2.14. The fraction of sp³-hybridized carbons (Fsp3) is 0.500. The Kier molecular flexibility index (Phi) is 4.34. The van der Waals surface area contributed by atoms with Gasteiger partial charge in [-0.15, -0.1) is 11.3 Å². The predicted octanol–water partition coefficient (Wildman–Crippen LogP) is 1.78. The van der Waals surface area contributed by atoms with Gasteiger partial charge < -0.3 is 14.6 Å². The second-order valence-corrected chi connectivity index (χ2v) is 5.90. The van der Waals surface area contributed by atoms with Crippen LogP contribution < -0.4 is 10.2 Å². The number of piperazine rings is 1. The number of furan rings is 1. The number of aromatic nitrogens is 1. The van der Waals surface area contributed by atoms with Crippen LogP contribution >= 0.6 is 11.3 Å². The maximum atomic E-state index is 5.61. The van der Waals surface area contributed by atoms with Crippen molar-refractivity contribution in [2.24, 2.45) is 0 Å². The van der Waals surface area contributed by atoms with Gasteiger partial charge in [0.1, 0.15) is 5.76 Å². The molecule has 2 aromatic rings. The maximum absolute atomic E-state index is 5.61. The van der Waals surface area contributed by atoms with E-state index in [0.717, 1.165) is 50.2 Å². The first kappa shape index (κ1) is 13.6. The first-order chi connectivity index (χ1) is 9.85. The molecule has 0 atom stereocenters. The van der Waals surface area contributed by atoms with Crippen LogP contribution in [-0.4, -0.2) is 43.1 Å². The standard InChI is InChI=1S/C14H20N4OS/c1-15-9-12-8-13(19-11-12)10-17-3-5-18(6-4-17)14-16-2-7-20-14/h2,7-8,11,15H,3-6,9-10H2,1H3. The van der Waals surface area contributed by atoms with Gasteiger partial charge in [-0.2, -0.15) is 0 Å². The second-order valence-electron chi connectivity index (χ2n) is 5.03. The molecular weight excluding hydrogens is 272 g/mol. The molecule has 3 rings (SSSR count). The predicted molar refractivity (Wildman–Crippen MR) is 81.1 cm³/mol. The van der Waals surface area contributed by atoms with Crippen molar-refractivity contribution in [1.29, 1.82) is 0 Å². The largest absolute Gasteiger partial charge is 0.468 e. The summed E-state index contributed by atoms with van der Waals surface area (Å²) >= 11 is 1.71. The number of thiazole rings is 1. The third-order valence-corrected chi connectivity index (χ3v) is 4.36. The molecule has 1 saturated heterocycles. The molecular formula is C14H20N4OS. The van der Waals surface area contributed by atoms with Crippen molar-refractivity contribution in [3.8, 4) is 0 Å². The summed E-state index contributed by atoms with van der Waals surface area (Å²) in [5.41, 5.74) is 1.21. The van der Waals surface area contributed by atoms with Crippen molar-refractivity contribution in [3.63, 3.8) is 0 Å². The molecule has 1 fully saturated rings. The van der Waals surface area contributed by atoms with E-state index in [-0.39, 0.29) is 0 Å². The molecule has 20 heavy (non-hydrogen) atoms. The fourth-order valence-electron chi connectivity index (χ4n) is 2.50. The van der Waals surface area contributed by atoms with Gasteiger partial charge in [0.2, 0.25) is 0 Å². The van der Waals surface area contributed by atoms with Gasteiger partial charge in [-0.05, 0) is 13.1 Å². The smallest absolute Gasteiger partial charge is 0.185 e. The topological polar surface area (TPSA) is 44.5 Å². The monoisotopic (exact) mass is 292 g/mol. The summed E-state index contributed by atoms with van der Waals surface area (Å²) in [6.45, 7) is 5.95. The lowest BCUT2D eigenvalue weighted by Crippen LogP contribution is -2.45. The maximum Gasteiger partial charge on any atom is 0.185 e. The van der Waals surface area contributed by atoms with Crippen LogP contribution in [0.1, 0.15) is 11.3 Å². The fourth-order valence-corrected chi connectivity index (χ4v) is 3.19. The van der Waals surface area contributed by atoms with Crippen LogP contribution in [0.5, 0.6) is 0 Å². The molecule has 5 nitrogen and oxygen atoms in total. The highest BCUT2D eigenvalue weighted by molar-refractivity contribution is 7.13.